The number of ether oxygens (including phenoxy) is 1. The highest BCUT2D eigenvalue weighted by Gasteiger charge is 2.29. The Balaban J connectivity index is 1.90. The molecule has 162 valence electrons. The van der Waals surface area contributed by atoms with Crippen LogP contribution in [0.25, 0.3) is 0 Å². The van der Waals surface area contributed by atoms with Crippen LogP contribution in [-0.2, 0) is 9.53 Å². The molecular weight excluding hydrogens is 386 g/mol. The molecule has 0 radical (unpaired) electrons. The van der Waals surface area contributed by atoms with E-state index in [-0.39, 0.29) is 18.0 Å². The quantitative estimate of drug-likeness (QED) is 0.694. The first-order valence-corrected chi connectivity index (χ1v) is 11.4. The van der Waals surface area contributed by atoms with Crippen molar-refractivity contribution in [2.75, 3.05) is 38.3 Å². The van der Waals surface area contributed by atoms with Gasteiger partial charge in [-0.1, -0.05) is 6.07 Å². The molecule has 1 fully saturated rings. The Morgan fingerprint density at radius 2 is 2.10 bits per heavy atom. The van der Waals surface area contributed by atoms with Gasteiger partial charge < -0.3 is 15.0 Å². The van der Waals surface area contributed by atoms with E-state index in [1.807, 2.05) is 58.2 Å². The smallest absolute Gasteiger partial charge is 0.410 e. The molecule has 0 aliphatic carbocycles. The fourth-order valence-electron chi connectivity index (χ4n) is 3.51. The highest BCUT2D eigenvalue weighted by Crippen LogP contribution is 2.22. The number of hydrogen-bond acceptors (Lipinski definition) is 5. The summed E-state index contributed by atoms with van der Waals surface area (Å²) in [5.41, 5.74) is 0.330. The number of anilines is 1. The largest absolute Gasteiger partial charge is 0.444 e. The topological polar surface area (TPSA) is 61.9 Å². The van der Waals surface area contributed by atoms with Crippen LogP contribution < -0.4 is 5.32 Å². The van der Waals surface area contributed by atoms with Gasteiger partial charge in [0.1, 0.15) is 5.60 Å². The number of thioether (sulfide) groups is 1. The molecule has 2 unspecified atom stereocenters. The summed E-state index contributed by atoms with van der Waals surface area (Å²) in [6, 6.07) is 7.67. The van der Waals surface area contributed by atoms with Crippen molar-refractivity contribution in [2.24, 2.45) is 5.92 Å². The highest BCUT2D eigenvalue weighted by molar-refractivity contribution is 7.98. The zero-order chi connectivity index (χ0) is 21.6. The normalized spacial score (nSPS) is 18.8. The molecule has 0 aromatic heterocycles. The molecule has 1 aliphatic rings. The molecule has 2 rings (SSSR count). The standard InChI is InChI=1S/C22H35N3O3S/c1-16(20(26)23-18-10-7-11-19(13-18)29-6)25-12-8-9-17(15-25)14-24(5)21(27)28-22(2,3)4/h7,10-11,13,16-17H,8-9,12,14-15H2,1-6H3,(H,23,26). The van der Waals surface area contributed by atoms with Gasteiger partial charge in [-0.3, -0.25) is 9.69 Å². The number of nitrogens with zero attached hydrogens (tertiary/aromatic N) is 2. The molecule has 7 heteroatoms. The van der Waals surface area contributed by atoms with Gasteiger partial charge in [-0.25, -0.2) is 4.79 Å². The van der Waals surface area contributed by atoms with E-state index in [2.05, 4.69) is 10.2 Å². The van der Waals surface area contributed by atoms with Crippen molar-refractivity contribution < 1.29 is 14.3 Å². The van der Waals surface area contributed by atoms with Gasteiger partial charge in [-0.05, 0) is 77.5 Å². The Morgan fingerprint density at radius 1 is 1.38 bits per heavy atom. The lowest BCUT2D eigenvalue weighted by molar-refractivity contribution is -0.121. The van der Waals surface area contributed by atoms with Crippen LogP contribution in [0.4, 0.5) is 10.5 Å². The lowest BCUT2D eigenvalue weighted by atomic mass is 9.96. The van der Waals surface area contributed by atoms with Crippen LogP contribution in [0.15, 0.2) is 29.2 Å². The van der Waals surface area contributed by atoms with Crippen LogP contribution in [0.2, 0.25) is 0 Å². The van der Waals surface area contributed by atoms with Gasteiger partial charge in [-0.15, -0.1) is 11.8 Å². The van der Waals surface area contributed by atoms with E-state index in [1.54, 1.807) is 23.7 Å². The number of likely N-dealkylation sites (tertiary alicyclic amines) is 1. The van der Waals surface area contributed by atoms with Crippen LogP contribution >= 0.6 is 11.8 Å². The van der Waals surface area contributed by atoms with E-state index in [1.165, 1.54) is 0 Å². The second kappa shape index (κ2) is 10.3. The van der Waals surface area contributed by atoms with Gasteiger partial charge >= 0.3 is 6.09 Å². The van der Waals surface area contributed by atoms with E-state index < -0.39 is 5.60 Å². The first-order valence-electron chi connectivity index (χ1n) is 10.2. The maximum atomic E-state index is 12.8. The molecule has 1 aromatic carbocycles. The monoisotopic (exact) mass is 421 g/mol. The van der Waals surface area contributed by atoms with Gasteiger partial charge in [0, 0.05) is 30.7 Å². The molecule has 1 N–H and O–H groups in total. The molecule has 2 atom stereocenters. The van der Waals surface area contributed by atoms with Gasteiger partial charge in [0.05, 0.1) is 6.04 Å². The first kappa shape index (κ1) is 23.5. The fraction of sp³-hybridized carbons (Fsp3) is 0.636. The fourth-order valence-corrected chi connectivity index (χ4v) is 3.97. The summed E-state index contributed by atoms with van der Waals surface area (Å²) in [5, 5.41) is 3.03. The van der Waals surface area contributed by atoms with Crippen LogP contribution in [0.5, 0.6) is 0 Å². The average Bonchev–Trinajstić information content (AvgIpc) is 2.66. The molecule has 0 saturated carbocycles. The van der Waals surface area contributed by atoms with Crippen molar-refractivity contribution in [3.63, 3.8) is 0 Å². The number of hydrogen-bond donors (Lipinski definition) is 1. The van der Waals surface area contributed by atoms with Gasteiger partial charge in [0.15, 0.2) is 0 Å². The summed E-state index contributed by atoms with van der Waals surface area (Å²) in [4.78, 5) is 30.0. The molecule has 0 spiro atoms. The van der Waals surface area contributed by atoms with Gasteiger partial charge in [-0.2, -0.15) is 0 Å². The van der Waals surface area contributed by atoms with E-state index in [4.69, 9.17) is 4.74 Å². The molecule has 0 bridgehead atoms. The summed E-state index contributed by atoms with van der Waals surface area (Å²) < 4.78 is 5.45. The predicted octanol–water partition coefficient (Wildman–Crippen LogP) is 4.31. The molecule has 29 heavy (non-hydrogen) atoms. The predicted molar refractivity (Wildman–Crippen MR) is 119 cm³/mol. The Labute approximate surface area is 179 Å². The van der Waals surface area contributed by atoms with Crippen molar-refractivity contribution in [3.05, 3.63) is 24.3 Å². The third-order valence-electron chi connectivity index (χ3n) is 5.05. The lowest BCUT2D eigenvalue weighted by Gasteiger charge is -2.37. The Morgan fingerprint density at radius 3 is 2.76 bits per heavy atom. The number of piperidine rings is 1. The first-order chi connectivity index (χ1) is 13.6. The molecule has 1 saturated heterocycles. The Hall–Kier alpha value is -1.73. The van der Waals surface area contributed by atoms with Crippen LogP contribution in [-0.4, -0.2) is 66.4 Å². The molecule has 1 aromatic rings. The SMILES string of the molecule is CSc1cccc(NC(=O)C(C)N2CCCC(CN(C)C(=O)OC(C)(C)C)C2)c1. The summed E-state index contributed by atoms with van der Waals surface area (Å²) >= 11 is 1.65. The van der Waals surface area contributed by atoms with Gasteiger partial charge in [0.2, 0.25) is 5.91 Å². The number of carbonyl (C=O) groups excluding carboxylic acids is 2. The van der Waals surface area contributed by atoms with Crippen molar-refractivity contribution in [2.45, 2.75) is 57.1 Å². The molecule has 1 heterocycles. The Bertz CT molecular complexity index is 705. The average molecular weight is 422 g/mol. The van der Waals surface area contributed by atoms with Crippen molar-refractivity contribution in [3.8, 4) is 0 Å². The lowest BCUT2D eigenvalue weighted by Crippen LogP contribution is -2.49. The number of carbonyl (C=O) groups is 2. The van der Waals surface area contributed by atoms with Crippen LogP contribution in [0.1, 0.15) is 40.5 Å². The summed E-state index contributed by atoms with van der Waals surface area (Å²) in [5.74, 6) is 0.334. The highest BCUT2D eigenvalue weighted by atomic mass is 32.2. The third kappa shape index (κ3) is 7.55. The molecule has 2 amide bonds. The number of benzene rings is 1. The maximum absolute atomic E-state index is 12.8. The summed E-state index contributed by atoms with van der Waals surface area (Å²) in [7, 11) is 1.78. The summed E-state index contributed by atoms with van der Waals surface area (Å²) in [6.07, 6.45) is 3.79. The zero-order valence-electron chi connectivity index (χ0n) is 18.5. The third-order valence-corrected chi connectivity index (χ3v) is 5.78. The minimum Gasteiger partial charge on any atom is -0.444 e. The van der Waals surface area contributed by atoms with Crippen LogP contribution in [0.3, 0.4) is 0 Å². The second-order valence-corrected chi connectivity index (χ2v) is 9.64. The minimum atomic E-state index is -0.496. The number of rotatable bonds is 6. The zero-order valence-corrected chi connectivity index (χ0v) is 19.3. The number of amides is 2. The van der Waals surface area contributed by atoms with E-state index >= 15 is 0 Å². The second-order valence-electron chi connectivity index (χ2n) is 8.76. The number of nitrogens with one attached hydrogen (secondary N) is 1. The van der Waals surface area contributed by atoms with Crippen molar-refractivity contribution in [1.82, 2.24) is 9.80 Å². The summed E-state index contributed by atoms with van der Waals surface area (Å²) in [6.45, 7) is 9.89. The van der Waals surface area contributed by atoms with E-state index in [0.29, 0.717) is 12.5 Å². The van der Waals surface area contributed by atoms with Gasteiger partial charge in [0.25, 0.3) is 0 Å². The Kier molecular flexibility index (Phi) is 8.40. The van der Waals surface area contributed by atoms with E-state index in [0.717, 1.165) is 36.5 Å². The van der Waals surface area contributed by atoms with Crippen molar-refractivity contribution >= 4 is 29.4 Å². The van der Waals surface area contributed by atoms with Crippen LogP contribution in [0, 0.1) is 5.92 Å². The molecule has 6 nitrogen and oxygen atoms in total. The van der Waals surface area contributed by atoms with Crippen molar-refractivity contribution in [1.29, 1.82) is 0 Å². The minimum absolute atomic E-state index is 0.00407. The van der Waals surface area contributed by atoms with E-state index in [9.17, 15) is 9.59 Å². The molecule has 1 aliphatic heterocycles. The molecular formula is C22H35N3O3S. The maximum Gasteiger partial charge on any atom is 0.410 e.